The summed E-state index contributed by atoms with van der Waals surface area (Å²) in [4.78, 5) is 17.6. The number of carbonyl (C=O) groups excluding carboxylic acids is 1. The van der Waals surface area contributed by atoms with Crippen molar-refractivity contribution in [2.75, 3.05) is 12.8 Å². The third kappa shape index (κ3) is 2.84. The quantitative estimate of drug-likeness (QED) is 0.763. The highest BCUT2D eigenvalue weighted by Crippen LogP contribution is 2.00. The van der Waals surface area contributed by atoms with Gasteiger partial charge < -0.3 is 10.6 Å². The number of aromatic nitrogens is 5. The van der Waals surface area contributed by atoms with E-state index in [1.54, 1.807) is 24.2 Å². The number of likely N-dealkylation sites (N-methyl/N-ethyl adjacent to an activating group) is 1. The van der Waals surface area contributed by atoms with E-state index in [4.69, 9.17) is 5.73 Å². The van der Waals surface area contributed by atoms with Crippen molar-refractivity contribution in [3.8, 4) is 0 Å². The van der Waals surface area contributed by atoms with Crippen LogP contribution in [0.15, 0.2) is 12.3 Å². The fourth-order valence-electron chi connectivity index (χ4n) is 1.48. The zero-order chi connectivity index (χ0) is 13.1. The maximum Gasteiger partial charge on any atom is 0.244 e. The van der Waals surface area contributed by atoms with Gasteiger partial charge >= 0.3 is 0 Å². The molecule has 0 saturated heterocycles. The van der Waals surface area contributed by atoms with E-state index in [9.17, 15) is 4.79 Å². The fourth-order valence-corrected chi connectivity index (χ4v) is 1.48. The molecule has 8 heteroatoms. The summed E-state index contributed by atoms with van der Waals surface area (Å²) in [5.74, 6) is 1.63. The van der Waals surface area contributed by atoms with Gasteiger partial charge in [-0.25, -0.2) is 4.98 Å². The van der Waals surface area contributed by atoms with Gasteiger partial charge in [0.15, 0.2) is 5.82 Å². The van der Waals surface area contributed by atoms with E-state index in [-0.39, 0.29) is 12.5 Å². The number of nitrogens with two attached hydrogens (primary N) is 1. The summed E-state index contributed by atoms with van der Waals surface area (Å²) in [5, 5.41) is 10.7. The highest BCUT2D eigenvalue weighted by molar-refractivity contribution is 5.75. The zero-order valence-electron chi connectivity index (χ0n) is 10.3. The van der Waals surface area contributed by atoms with Crippen LogP contribution in [0.25, 0.3) is 0 Å². The Hall–Kier alpha value is -2.38. The number of rotatable bonds is 4. The van der Waals surface area contributed by atoms with Crippen molar-refractivity contribution in [1.29, 1.82) is 0 Å². The molecule has 0 bridgehead atoms. The second-order valence-electron chi connectivity index (χ2n) is 4.03. The normalized spacial score (nSPS) is 10.6. The molecule has 0 radical (unpaired) electrons. The van der Waals surface area contributed by atoms with Crippen LogP contribution >= 0.6 is 0 Å². The average molecular weight is 249 g/mol. The number of nitrogens with zero attached hydrogens (tertiary/aromatic N) is 5. The van der Waals surface area contributed by atoms with Gasteiger partial charge in [-0.05, 0) is 13.0 Å². The molecular weight excluding hydrogens is 234 g/mol. The number of hydrogen-bond donors (Lipinski definition) is 2. The Morgan fingerprint density at radius 1 is 1.61 bits per heavy atom. The number of amides is 1. The Morgan fingerprint density at radius 3 is 2.94 bits per heavy atom. The van der Waals surface area contributed by atoms with Gasteiger partial charge in [-0.2, -0.15) is 10.2 Å². The van der Waals surface area contributed by atoms with Gasteiger partial charge in [-0.15, -0.1) is 0 Å². The molecule has 96 valence electrons. The van der Waals surface area contributed by atoms with E-state index in [1.807, 2.05) is 6.92 Å². The van der Waals surface area contributed by atoms with Crippen molar-refractivity contribution in [3.63, 3.8) is 0 Å². The number of carbonyl (C=O) groups is 1. The maximum atomic E-state index is 11.9. The lowest BCUT2D eigenvalue weighted by Gasteiger charge is -2.14. The number of anilines is 1. The van der Waals surface area contributed by atoms with Crippen LogP contribution in [0, 0.1) is 6.92 Å². The Morgan fingerprint density at radius 2 is 2.39 bits per heavy atom. The van der Waals surface area contributed by atoms with Crippen LogP contribution in [0.2, 0.25) is 0 Å². The third-order valence-electron chi connectivity index (χ3n) is 2.41. The molecule has 0 aromatic carbocycles. The van der Waals surface area contributed by atoms with Gasteiger partial charge in [0.25, 0.3) is 0 Å². The molecule has 8 nitrogen and oxygen atoms in total. The maximum absolute atomic E-state index is 11.9. The molecule has 0 aliphatic carbocycles. The Labute approximate surface area is 104 Å². The lowest BCUT2D eigenvalue weighted by Crippen LogP contribution is -2.30. The minimum atomic E-state index is -0.0828. The largest absolute Gasteiger partial charge is 0.382 e. The molecule has 2 heterocycles. The standard InChI is InChI=1S/C10H15N7O/c1-7-12-9(14-13-7)5-16(2)10(18)6-17-4-3-8(11)15-17/h3-4H,5-6H2,1-2H3,(H2,11,15)(H,12,13,14). The number of hydrogen-bond acceptors (Lipinski definition) is 5. The van der Waals surface area contributed by atoms with Crippen LogP contribution in [0.4, 0.5) is 5.82 Å². The minimum absolute atomic E-state index is 0.0828. The van der Waals surface area contributed by atoms with Crippen molar-refractivity contribution < 1.29 is 4.79 Å². The first-order valence-corrected chi connectivity index (χ1v) is 5.45. The summed E-state index contributed by atoms with van der Waals surface area (Å²) in [7, 11) is 1.70. The summed E-state index contributed by atoms with van der Waals surface area (Å²) in [6, 6.07) is 1.64. The summed E-state index contributed by atoms with van der Waals surface area (Å²) >= 11 is 0. The first-order chi connectivity index (χ1) is 8.54. The Bertz CT molecular complexity index is 544. The second kappa shape index (κ2) is 4.86. The van der Waals surface area contributed by atoms with E-state index < -0.39 is 0 Å². The summed E-state index contributed by atoms with van der Waals surface area (Å²) < 4.78 is 1.50. The van der Waals surface area contributed by atoms with Crippen LogP contribution in [0.5, 0.6) is 0 Å². The summed E-state index contributed by atoms with van der Waals surface area (Å²) in [6.07, 6.45) is 1.66. The van der Waals surface area contributed by atoms with Crippen molar-refractivity contribution in [3.05, 3.63) is 23.9 Å². The van der Waals surface area contributed by atoms with Gasteiger partial charge in [0.1, 0.15) is 18.2 Å². The molecule has 0 atom stereocenters. The molecular formula is C10H15N7O. The molecule has 18 heavy (non-hydrogen) atoms. The van der Waals surface area contributed by atoms with Crippen LogP contribution < -0.4 is 5.73 Å². The van der Waals surface area contributed by atoms with E-state index in [0.29, 0.717) is 18.2 Å². The molecule has 2 rings (SSSR count). The fraction of sp³-hybridized carbons (Fsp3) is 0.400. The van der Waals surface area contributed by atoms with Crippen LogP contribution in [0.1, 0.15) is 11.6 Å². The highest BCUT2D eigenvalue weighted by atomic mass is 16.2. The molecule has 0 unspecified atom stereocenters. The number of aryl methyl sites for hydroxylation is 1. The van der Waals surface area contributed by atoms with Crippen LogP contribution in [-0.2, 0) is 17.9 Å². The Kier molecular flexibility index (Phi) is 3.26. The molecule has 3 N–H and O–H groups in total. The molecule has 0 aliphatic rings. The second-order valence-corrected chi connectivity index (χ2v) is 4.03. The van der Waals surface area contributed by atoms with Gasteiger partial charge in [-0.1, -0.05) is 0 Å². The molecule has 2 aromatic heterocycles. The molecule has 0 spiro atoms. The molecule has 0 fully saturated rings. The molecule has 1 amide bonds. The average Bonchev–Trinajstić information content (AvgIpc) is 2.88. The summed E-state index contributed by atoms with van der Waals surface area (Å²) in [6.45, 7) is 2.32. The first-order valence-electron chi connectivity index (χ1n) is 5.45. The van der Waals surface area contributed by atoms with E-state index in [1.165, 1.54) is 4.68 Å². The van der Waals surface area contributed by atoms with Crippen molar-refractivity contribution in [2.24, 2.45) is 0 Å². The lowest BCUT2D eigenvalue weighted by atomic mass is 10.4. The SMILES string of the molecule is Cc1nc(CN(C)C(=O)Cn2ccc(N)n2)n[nH]1. The minimum Gasteiger partial charge on any atom is -0.382 e. The Balaban J connectivity index is 1.92. The van der Waals surface area contributed by atoms with Gasteiger partial charge in [0.2, 0.25) is 5.91 Å². The van der Waals surface area contributed by atoms with Crippen molar-refractivity contribution in [2.45, 2.75) is 20.0 Å². The topological polar surface area (TPSA) is 106 Å². The number of H-pyrrole nitrogens is 1. The zero-order valence-corrected chi connectivity index (χ0v) is 10.3. The molecule has 0 aliphatic heterocycles. The first kappa shape index (κ1) is 12.1. The van der Waals surface area contributed by atoms with Crippen LogP contribution in [0.3, 0.4) is 0 Å². The van der Waals surface area contributed by atoms with Gasteiger partial charge in [0, 0.05) is 13.2 Å². The smallest absolute Gasteiger partial charge is 0.244 e. The number of nitrogen functional groups attached to an aromatic ring is 1. The number of nitrogens with one attached hydrogen (secondary N) is 1. The summed E-state index contributed by atoms with van der Waals surface area (Å²) in [5.41, 5.74) is 5.48. The molecule has 0 saturated carbocycles. The van der Waals surface area contributed by atoms with Gasteiger partial charge in [-0.3, -0.25) is 14.6 Å². The predicted molar refractivity (Wildman–Crippen MR) is 64.2 cm³/mol. The lowest BCUT2D eigenvalue weighted by molar-refractivity contribution is -0.131. The third-order valence-corrected chi connectivity index (χ3v) is 2.41. The van der Waals surface area contributed by atoms with Crippen molar-refractivity contribution >= 4 is 11.7 Å². The van der Waals surface area contributed by atoms with E-state index >= 15 is 0 Å². The van der Waals surface area contributed by atoms with E-state index in [2.05, 4.69) is 20.3 Å². The monoisotopic (exact) mass is 249 g/mol. The van der Waals surface area contributed by atoms with Crippen LogP contribution in [-0.4, -0.2) is 42.8 Å². The van der Waals surface area contributed by atoms with E-state index in [0.717, 1.165) is 5.82 Å². The van der Waals surface area contributed by atoms with Gasteiger partial charge in [0.05, 0.1) is 6.54 Å². The predicted octanol–water partition coefficient (Wildman–Crippen LogP) is -0.450. The molecule has 2 aromatic rings. The van der Waals surface area contributed by atoms with Crippen molar-refractivity contribution in [1.82, 2.24) is 29.9 Å². The number of aromatic amines is 1. The highest BCUT2D eigenvalue weighted by Gasteiger charge is 2.12.